The summed E-state index contributed by atoms with van der Waals surface area (Å²) in [5.74, 6) is 0.340. The summed E-state index contributed by atoms with van der Waals surface area (Å²) in [6.45, 7) is 9.32. The first-order valence-electron chi connectivity index (χ1n) is 6.30. The number of ether oxygens (including phenoxy) is 2. The molecule has 0 N–H and O–H groups in total. The zero-order valence-electron chi connectivity index (χ0n) is 11.8. The molecule has 0 aromatic heterocycles. The lowest BCUT2D eigenvalue weighted by Gasteiger charge is -2.22. The van der Waals surface area contributed by atoms with Crippen LogP contribution < -0.4 is 4.74 Å². The third kappa shape index (κ3) is 4.78. The molecule has 0 saturated heterocycles. The fourth-order valence-electron chi connectivity index (χ4n) is 1.44. The van der Waals surface area contributed by atoms with Crippen LogP contribution in [0, 0.1) is 0 Å². The fourth-order valence-corrected chi connectivity index (χ4v) is 1.44. The van der Waals surface area contributed by atoms with Gasteiger partial charge in [0.2, 0.25) is 0 Å². The number of hydrogen-bond donors (Lipinski definition) is 0. The highest BCUT2D eigenvalue weighted by Crippen LogP contribution is 2.16. The van der Waals surface area contributed by atoms with E-state index in [0.29, 0.717) is 5.75 Å². The maximum absolute atomic E-state index is 11.7. The Bertz CT molecular complexity index is 387. The molecule has 3 heteroatoms. The molecule has 0 aliphatic rings. The largest absolute Gasteiger partial charge is 0.479 e. The molecule has 0 unspecified atom stereocenters. The molecule has 0 bridgehead atoms. The summed E-state index contributed by atoms with van der Waals surface area (Å²) in [6.07, 6.45) is 0.388. The molecule has 0 amide bonds. The average molecular weight is 250 g/mol. The van der Waals surface area contributed by atoms with Gasteiger partial charge in [-0.25, -0.2) is 4.79 Å². The molecule has 0 heterocycles. The second-order valence-electron chi connectivity index (χ2n) is 5.29. The second-order valence-corrected chi connectivity index (χ2v) is 5.29. The minimum Gasteiger partial charge on any atom is -0.479 e. The van der Waals surface area contributed by atoms with Gasteiger partial charge in [0.25, 0.3) is 0 Å². The number of benzene rings is 1. The zero-order valence-corrected chi connectivity index (χ0v) is 11.8. The Kier molecular flexibility index (Phi) is 4.76. The molecule has 3 nitrogen and oxygen atoms in total. The third-order valence-electron chi connectivity index (χ3n) is 2.38. The molecule has 1 rings (SSSR count). The van der Waals surface area contributed by atoms with E-state index in [1.807, 2.05) is 45.0 Å². The molecular weight excluding hydrogens is 228 g/mol. The first kappa shape index (κ1) is 14.6. The molecule has 0 aliphatic heterocycles. The van der Waals surface area contributed by atoms with Crippen molar-refractivity contribution in [3.8, 4) is 5.75 Å². The van der Waals surface area contributed by atoms with Gasteiger partial charge in [-0.15, -0.1) is 0 Å². The van der Waals surface area contributed by atoms with E-state index in [4.69, 9.17) is 9.47 Å². The SMILES string of the molecule is CCc1ccc(O[C@@H](C)C(=O)OC(C)(C)C)cc1. The van der Waals surface area contributed by atoms with E-state index in [2.05, 4.69) is 6.92 Å². The molecule has 1 aromatic rings. The van der Waals surface area contributed by atoms with Crippen LogP contribution in [-0.2, 0) is 16.0 Å². The van der Waals surface area contributed by atoms with Crippen molar-refractivity contribution >= 4 is 5.97 Å². The van der Waals surface area contributed by atoms with Gasteiger partial charge in [0.05, 0.1) is 0 Å². The number of aryl methyl sites for hydroxylation is 1. The number of esters is 1. The molecule has 1 aromatic carbocycles. The van der Waals surface area contributed by atoms with E-state index in [9.17, 15) is 4.79 Å². The van der Waals surface area contributed by atoms with Crippen LogP contribution in [0.4, 0.5) is 0 Å². The predicted molar refractivity (Wildman–Crippen MR) is 71.8 cm³/mol. The van der Waals surface area contributed by atoms with Gasteiger partial charge < -0.3 is 9.47 Å². The first-order chi connectivity index (χ1) is 8.31. The van der Waals surface area contributed by atoms with Gasteiger partial charge in [0, 0.05) is 0 Å². The van der Waals surface area contributed by atoms with Crippen molar-refractivity contribution in [1.82, 2.24) is 0 Å². The van der Waals surface area contributed by atoms with Crippen LogP contribution in [0.3, 0.4) is 0 Å². The number of hydrogen-bond acceptors (Lipinski definition) is 3. The van der Waals surface area contributed by atoms with Crippen LogP contribution in [0.2, 0.25) is 0 Å². The lowest BCUT2D eigenvalue weighted by Crippen LogP contribution is -2.33. The summed E-state index contributed by atoms with van der Waals surface area (Å²) < 4.78 is 10.8. The van der Waals surface area contributed by atoms with Crippen molar-refractivity contribution in [2.45, 2.75) is 52.7 Å². The van der Waals surface area contributed by atoms with Gasteiger partial charge in [-0.05, 0) is 51.8 Å². The van der Waals surface area contributed by atoms with E-state index in [1.54, 1.807) is 6.92 Å². The standard InChI is InChI=1S/C15H22O3/c1-6-12-7-9-13(10-8-12)17-11(2)14(16)18-15(3,4)5/h7-11H,6H2,1-5H3/t11-/m0/s1. The Labute approximate surface area is 109 Å². The summed E-state index contributed by atoms with van der Waals surface area (Å²) in [5.41, 5.74) is 0.757. The van der Waals surface area contributed by atoms with E-state index in [0.717, 1.165) is 6.42 Å². The van der Waals surface area contributed by atoms with Crippen LogP contribution in [0.1, 0.15) is 40.2 Å². The topological polar surface area (TPSA) is 35.5 Å². The summed E-state index contributed by atoms with van der Waals surface area (Å²) in [6, 6.07) is 7.74. The minimum atomic E-state index is -0.600. The first-order valence-corrected chi connectivity index (χ1v) is 6.30. The molecular formula is C15H22O3. The van der Waals surface area contributed by atoms with Crippen LogP contribution in [0.15, 0.2) is 24.3 Å². The monoisotopic (exact) mass is 250 g/mol. The number of carbonyl (C=O) groups excluding carboxylic acids is 1. The van der Waals surface area contributed by atoms with Gasteiger partial charge in [0.1, 0.15) is 11.4 Å². The predicted octanol–water partition coefficient (Wildman–Crippen LogP) is 3.36. The average Bonchev–Trinajstić information content (AvgIpc) is 2.27. The molecule has 18 heavy (non-hydrogen) atoms. The maximum Gasteiger partial charge on any atom is 0.347 e. The van der Waals surface area contributed by atoms with Gasteiger partial charge in [0.15, 0.2) is 6.10 Å². The quantitative estimate of drug-likeness (QED) is 0.769. The van der Waals surface area contributed by atoms with Gasteiger partial charge in [-0.3, -0.25) is 0 Å². The molecule has 0 aliphatic carbocycles. The second kappa shape index (κ2) is 5.89. The van der Waals surface area contributed by atoms with Crippen molar-refractivity contribution in [1.29, 1.82) is 0 Å². The highest BCUT2D eigenvalue weighted by Gasteiger charge is 2.22. The molecule has 0 saturated carbocycles. The van der Waals surface area contributed by atoms with Crippen molar-refractivity contribution in [3.63, 3.8) is 0 Å². The minimum absolute atomic E-state index is 0.345. The molecule has 100 valence electrons. The summed E-state index contributed by atoms with van der Waals surface area (Å²) >= 11 is 0. The van der Waals surface area contributed by atoms with Crippen LogP contribution in [0.5, 0.6) is 5.75 Å². The van der Waals surface area contributed by atoms with E-state index in [-0.39, 0.29) is 5.97 Å². The van der Waals surface area contributed by atoms with E-state index < -0.39 is 11.7 Å². The molecule has 0 fully saturated rings. The Morgan fingerprint density at radius 1 is 1.22 bits per heavy atom. The lowest BCUT2D eigenvalue weighted by atomic mass is 10.2. The normalized spacial score (nSPS) is 12.9. The Hall–Kier alpha value is -1.51. The zero-order chi connectivity index (χ0) is 13.8. The molecule has 1 atom stereocenters. The van der Waals surface area contributed by atoms with Crippen molar-refractivity contribution in [2.75, 3.05) is 0 Å². The Balaban J connectivity index is 2.58. The van der Waals surface area contributed by atoms with Crippen LogP contribution in [-0.4, -0.2) is 17.7 Å². The van der Waals surface area contributed by atoms with Gasteiger partial charge in [-0.2, -0.15) is 0 Å². The highest BCUT2D eigenvalue weighted by atomic mass is 16.6. The lowest BCUT2D eigenvalue weighted by molar-refractivity contribution is -0.162. The van der Waals surface area contributed by atoms with Crippen molar-refractivity contribution < 1.29 is 14.3 Å². The summed E-state index contributed by atoms with van der Waals surface area (Å²) in [5, 5.41) is 0. The maximum atomic E-state index is 11.7. The van der Waals surface area contributed by atoms with E-state index in [1.165, 1.54) is 5.56 Å². The summed E-state index contributed by atoms with van der Waals surface area (Å²) in [7, 11) is 0. The Morgan fingerprint density at radius 3 is 2.22 bits per heavy atom. The van der Waals surface area contributed by atoms with Crippen molar-refractivity contribution in [3.05, 3.63) is 29.8 Å². The smallest absolute Gasteiger partial charge is 0.347 e. The number of rotatable bonds is 4. The highest BCUT2D eigenvalue weighted by molar-refractivity contribution is 5.75. The number of carbonyl (C=O) groups is 1. The van der Waals surface area contributed by atoms with Crippen molar-refractivity contribution in [2.24, 2.45) is 0 Å². The third-order valence-corrected chi connectivity index (χ3v) is 2.38. The van der Waals surface area contributed by atoms with Gasteiger partial charge in [-0.1, -0.05) is 19.1 Å². The fraction of sp³-hybridized carbons (Fsp3) is 0.533. The van der Waals surface area contributed by atoms with Crippen LogP contribution in [0.25, 0.3) is 0 Å². The molecule has 0 radical (unpaired) electrons. The van der Waals surface area contributed by atoms with Gasteiger partial charge >= 0.3 is 5.97 Å². The molecule has 0 spiro atoms. The summed E-state index contributed by atoms with van der Waals surface area (Å²) in [4.78, 5) is 11.7. The van der Waals surface area contributed by atoms with E-state index >= 15 is 0 Å². The van der Waals surface area contributed by atoms with Crippen LogP contribution >= 0.6 is 0 Å². The Morgan fingerprint density at radius 2 is 1.78 bits per heavy atom.